The smallest absolute Gasteiger partial charge is 0.251 e. The van der Waals surface area contributed by atoms with Gasteiger partial charge in [-0.25, -0.2) is 4.98 Å². The quantitative estimate of drug-likeness (QED) is 0.796. The molecule has 0 aliphatic heterocycles. The summed E-state index contributed by atoms with van der Waals surface area (Å²) in [4.78, 5) is 20.4. The van der Waals surface area contributed by atoms with E-state index >= 15 is 0 Å². The van der Waals surface area contributed by atoms with Gasteiger partial charge in [0.2, 0.25) is 0 Å². The Hall–Kier alpha value is -2.69. The van der Waals surface area contributed by atoms with Crippen LogP contribution >= 0.6 is 0 Å². The monoisotopic (exact) mass is 280 g/mol. The molecule has 0 spiro atoms. The number of pyridine rings is 1. The van der Waals surface area contributed by atoms with Gasteiger partial charge in [-0.2, -0.15) is 0 Å². The van der Waals surface area contributed by atoms with Crippen LogP contribution in [0.1, 0.15) is 16.2 Å². The van der Waals surface area contributed by atoms with Crippen LogP contribution in [-0.4, -0.2) is 27.0 Å². The number of para-hydroxylation sites is 2. The van der Waals surface area contributed by atoms with Crippen molar-refractivity contribution >= 4 is 16.9 Å². The van der Waals surface area contributed by atoms with Crippen LogP contribution < -0.4 is 5.32 Å². The minimum Gasteiger partial charge on any atom is -0.350 e. The van der Waals surface area contributed by atoms with Gasteiger partial charge in [0, 0.05) is 31.0 Å². The predicted octanol–water partition coefficient (Wildman–Crippen LogP) is 2.17. The molecule has 5 nitrogen and oxygen atoms in total. The van der Waals surface area contributed by atoms with E-state index in [1.807, 2.05) is 31.2 Å². The maximum absolute atomic E-state index is 12.0. The lowest BCUT2D eigenvalue weighted by Gasteiger charge is -2.08. The van der Waals surface area contributed by atoms with Crippen LogP contribution in [0.3, 0.4) is 0 Å². The van der Waals surface area contributed by atoms with Gasteiger partial charge in [-0.05, 0) is 31.2 Å². The molecule has 2 aromatic heterocycles. The highest BCUT2D eigenvalue weighted by atomic mass is 16.1. The van der Waals surface area contributed by atoms with Crippen molar-refractivity contribution in [2.24, 2.45) is 0 Å². The van der Waals surface area contributed by atoms with E-state index in [9.17, 15) is 4.79 Å². The van der Waals surface area contributed by atoms with Crippen molar-refractivity contribution in [2.75, 3.05) is 6.54 Å². The van der Waals surface area contributed by atoms with Crippen molar-refractivity contribution in [3.05, 3.63) is 60.2 Å². The van der Waals surface area contributed by atoms with Crippen molar-refractivity contribution in [3.8, 4) is 0 Å². The highest BCUT2D eigenvalue weighted by Gasteiger charge is 2.07. The van der Waals surface area contributed by atoms with Crippen LogP contribution in [0.5, 0.6) is 0 Å². The van der Waals surface area contributed by atoms with Gasteiger partial charge in [-0.1, -0.05) is 12.1 Å². The third-order valence-electron chi connectivity index (χ3n) is 3.41. The topological polar surface area (TPSA) is 59.8 Å². The van der Waals surface area contributed by atoms with Crippen LogP contribution in [-0.2, 0) is 6.54 Å². The van der Waals surface area contributed by atoms with Crippen LogP contribution in [0.4, 0.5) is 0 Å². The number of nitrogens with zero attached hydrogens (tertiary/aromatic N) is 3. The minimum absolute atomic E-state index is 0.0838. The fraction of sp³-hybridized carbons (Fsp3) is 0.188. The Balaban J connectivity index is 1.67. The molecule has 0 atom stereocenters. The summed E-state index contributed by atoms with van der Waals surface area (Å²) in [6.45, 7) is 3.23. The van der Waals surface area contributed by atoms with E-state index in [0.717, 1.165) is 16.9 Å². The Morgan fingerprint density at radius 1 is 1.19 bits per heavy atom. The van der Waals surface area contributed by atoms with E-state index in [2.05, 4.69) is 19.9 Å². The molecule has 1 N–H and O–H groups in total. The van der Waals surface area contributed by atoms with Crippen LogP contribution in [0.15, 0.2) is 48.8 Å². The number of amides is 1. The normalized spacial score (nSPS) is 10.7. The van der Waals surface area contributed by atoms with E-state index in [1.54, 1.807) is 24.5 Å². The molecule has 1 amide bonds. The number of rotatable bonds is 4. The van der Waals surface area contributed by atoms with Crippen molar-refractivity contribution in [2.45, 2.75) is 13.5 Å². The summed E-state index contributed by atoms with van der Waals surface area (Å²) in [6, 6.07) is 11.4. The van der Waals surface area contributed by atoms with Crippen molar-refractivity contribution in [3.63, 3.8) is 0 Å². The van der Waals surface area contributed by atoms with E-state index < -0.39 is 0 Å². The maximum Gasteiger partial charge on any atom is 0.251 e. The molecule has 1 aromatic carbocycles. The predicted molar refractivity (Wildman–Crippen MR) is 81.0 cm³/mol. The molecule has 0 aliphatic rings. The molecule has 0 fully saturated rings. The average Bonchev–Trinajstić information content (AvgIpc) is 2.84. The number of aromatic nitrogens is 3. The average molecular weight is 280 g/mol. The second kappa shape index (κ2) is 5.75. The molecule has 21 heavy (non-hydrogen) atoms. The second-order valence-electron chi connectivity index (χ2n) is 4.79. The molecule has 0 unspecified atom stereocenters. The number of imidazole rings is 1. The van der Waals surface area contributed by atoms with Gasteiger partial charge in [-0.15, -0.1) is 0 Å². The molecule has 0 radical (unpaired) electrons. The first-order valence-corrected chi connectivity index (χ1v) is 6.86. The van der Waals surface area contributed by atoms with Crippen molar-refractivity contribution < 1.29 is 4.79 Å². The van der Waals surface area contributed by atoms with E-state index in [4.69, 9.17) is 0 Å². The number of aryl methyl sites for hydroxylation is 1. The summed E-state index contributed by atoms with van der Waals surface area (Å²) in [5.74, 6) is 0.869. The summed E-state index contributed by atoms with van der Waals surface area (Å²) in [5.41, 5.74) is 2.70. The molecule has 106 valence electrons. The van der Waals surface area contributed by atoms with Gasteiger partial charge in [0.15, 0.2) is 0 Å². The Kier molecular flexibility index (Phi) is 3.64. The summed E-state index contributed by atoms with van der Waals surface area (Å²) >= 11 is 0. The third-order valence-corrected chi connectivity index (χ3v) is 3.41. The summed E-state index contributed by atoms with van der Waals surface area (Å²) < 4.78 is 2.11. The highest BCUT2D eigenvalue weighted by Crippen LogP contribution is 2.14. The van der Waals surface area contributed by atoms with Crippen LogP contribution in [0.2, 0.25) is 0 Å². The van der Waals surface area contributed by atoms with E-state index in [0.29, 0.717) is 18.7 Å². The molecule has 0 bridgehead atoms. The molecule has 2 heterocycles. The minimum atomic E-state index is -0.0838. The summed E-state index contributed by atoms with van der Waals surface area (Å²) in [7, 11) is 0. The summed E-state index contributed by atoms with van der Waals surface area (Å²) in [5, 5.41) is 2.91. The largest absolute Gasteiger partial charge is 0.350 e. The zero-order valence-electron chi connectivity index (χ0n) is 11.8. The number of benzene rings is 1. The number of carbonyl (C=O) groups excluding carboxylic acids is 1. The van der Waals surface area contributed by atoms with Gasteiger partial charge in [-0.3, -0.25) is 9.78 Å². The van der Waals surface area contributed by atoms with E-state index in [-0.39, 0.29) is 5.91 Å². The third kappa shape index (κ3) is 2.76. The second-order valence-corrected chi connectivity index (χ2v) is 4.79. The number of fused-ring (bicyclic) bond motifs is 1. The number of hydrogen-bond acceptors (Lipinski definition) is 3. The molecule has 0 saturated heterocycles. The number of nitrogens with one attached hydrogen (secondary N) is 1. The zero-order valence-corrected chi connectivity index (χ0v) is 11.8. The van der Waals surface area contributed by atoms with Crippen LogP contribution in [0, 0.1) is 6.92 Å². The number of hydrogen-bond donors (Lipinski definition) is 1. The Morgan fingerprint density at radius 2 is 1.95 bits per heavy atom. The Labute approximate surface area is 122 Å². The zero-order chi connectivity index (χ0) is 14.7. The van der Waals surface area contributed by atoms with Crippen molar-refractivity contribution in [1.82, 2.24) is 19.9 Å². The fourth-order valence-electron chi connectivity index (χ4n) is 2.36. The highest BCUT2D eigenvalue weighted by molar-refractivity contribution is 5.93. The molecule has 0 aliphatic carbocycles. The summed E-state index contributed by atoms with van der Waals surface area (Å²) in [6.07, 6.45) is 3.23. The first-order chi connectivity index (χ1) is 10.3. The molecule has 0 saturated carbocycles. The van der Waals surface area contributed by atoms with Gasteiger partial charge < -0.3 is 9.88 Å². The fourth-order valence-corrected chi connectivity index (χ4v) is 2.36. The standard InChI is InChI=1S/C16H16N4O/c1-12-19-14-4-2-3-5-15(14)20(12)11-10-18-16(21)13-6-8-17-9-7-13/h2-9H,10-11H2,1H3,(H,18,21). The maximum atomic E-state index is 12.0. The lowest BCUT2D eigenvalue weighted by atomic mass is 10.2. The number of carbonyl (C=O) groups is 1. The molecule has 3 rings (SSSR count). The first kappa shape index (κ1) is 13.3. The SMILES string of the molecule is Cc1nc2ccccc2n1CCNC(=O)c1ccncc1. The van der Waals surface area contributed by atoms with Gasteiger partial charge in [0.1, 0.15) is 5.82 Å². The molecule has 5 heteroatoms. The Bertz CT molecular complexity index is 764. The lowest BCUT2D eigenvalue weighted by Crippen LogP contribution is -2.27. The Morgan fingerprint density at radius 3 is 2.76 bits per heavy atom. The van der Waals surface area contributed by atoms with E-state index in [1.165, 1.54) is 0 Å². The van der Waals surface area contributed by atoms with Crippen LogP contribution in [0.25, 0.3) is 11.0 Å². The molecule has 3 aromatic rings. The molecular weight excluding hydrogens is 264 g/mol. The van der Waals surface area contributed by atoms with Gasteiger partial charge in [0.25, 0.3) is 5.91 Å². The first-order valence-electron chi connectivity index (χ1n) is 6.86. The molecular formula is C16H16N4O. The lowest BCUT2D eigenvalue weighted by molar-refractivity contribution is 0.0952. The van der Waals surface area contributed by atoms with Gasteiger partial charge in [0.05, 0.1) is 11.0 Å². The van der Waals surface area contributed by atoms with Gasteiger partial charge >= 0.3 is 0 Å². The van der Waals surface area contributed by atoms with Crippen molar-refractivity contribution in [1.29, 1.82) is 0 Å².